The van der Waals surface area contributed by atoms with Gasteiger partial charge in [0.1, 0.15) is 0 Å². The van der Waals surface area contributed by atoms with E-state index in [1.807, 2.05) is 30.8 Å². The van der Waals surface area contributed by atoms with Crippen molar-refractivity contribution in [3.8, 4) is 0 Å². The van der Waals surface area contributed by atoms with Gasteiger partial charge >= 0.3 is 12.0 Å². The number of fused-ring (bicyclic) bond motifs is 1. The monoisotopic (exact) mass is 399 g/mol. The normalized spacial score (nSPS) is 23.9. The van der Waals surface area contributed by atoms with Crippen molar-refractivity contribution < 1.29 is 19.1 Å². The summed E-state index contributed by atoms with van der Waals surface area (Å²) in [6.45, 7) is 0.737. The standard InChI is InChI=1S/C19H33N3O4S/c1-21(12-8-4-5-11-17(24)26-3)16(23)10-7-6-9-15-18-14(13-27-15)20-19(25)22(18)2/h14-15,18H,4-13H2,1-3H3,(H,20,25)/t14-,15-,18-/m0/s1. The molecule has 2 rings (SSSR count). The van der Waals surface area contributed by atoms with Crippen LogP contribution in [-0.4, -0.2) is 78.5 Å². The minimum absolute atomic E-state index is 0.0405. The summed E-state index contributed by atoms with van der Waals surface area (Å²) >= 11 is 1.94. The first kappa shape index (κ1) is 21.9. The quantitative estimate of drug-likeness (QED) is 0.327. The van der Waals surface area contributed by atoms with Gasteiger partial charge in [0.25, 0.3) is 0 Å². The lowest BCUT2D eigenvalue weighted by molar-refractivity contribution is -0.140. The fraction of sp³-hybridized carbons (Fsp3) is 0.842. The molecule has 2 saturated heterocycles. The van der Waals surface area contributed by atoms with Crippen molar-refractivity contribution >= 4 is 29.7 Å². The zero-order valence-corrected chi connectivity index (χ0v) is 17.6. The van der Waals surface area contributed by atoms with Crippen LogP contribution in [0.5, 0.6) is 0 Å². The number of amides is 3. The molecular weight excluding hydrogens is 366 g/mol. The van der Waals surface area contributed by atoms with Crippen LogP contribution in [0.25, 0.3) is 0 Å². The molecular formula is C19H33N3O4S. The highest BCUT2D eigenvalue weighted by molar-refractivity contribution is 8.00. The van der Waals surface area contributed by atoms with Gasteiger partial charge in [-0.15, -0.1) is 0 Å². The summed E-state index contributed by atoms with van der Waals surface area (Å²) < 4.78 is 4.61. The minimum atomic E-state index is -0.171. The van der Waals surface area contributed by atoms with Crippen LogP contribution < -0.4 is 5.32 Å². The van der Waals surface area contributed by atoms with E-state index in [-0.39, 0.29) is 23.9 Å². The van der Waals surface area contributed by atoms with E-state index in [0.717, 1.165) is 50.8 Å². The number of carbonyl (C=O) groups excluding carboxylic acids is 3. The minimum Gasteiger partial charge on any atom is -0.469 e. The summed E-state index contributed by atoms with van der Waals surface area (Å²) in [5.74, 6) is 1.01. The van der Waals surface area contributed by atoms with Gasteiger partial charge in [-0.3, -0.25) is 9.59 Å². The van der Waals surface area contributed by atoms with Gasteiger partial charge in [0.2, 0.25) is 5.91 Å². The molecule has 27 heavy (non-hydrogen) atoms. The van der Waals surface area contributed by atoms with E-state index in [4.69, 9.17) is 0 Å². The van der Waals surface area contributed by atoms with Gasteiger partial charge in [-0.1, -0.05) is 12.8 Å². The van der Waals surface area contributed by atoms with E-state index in [0.29, 0.717) is 24.1 Å². The Morgan fingerprint density at radius 2 is 1.96 bits per heavy atom. The van der Waals surface area contributed by atoms with E-state index in [1.165, 1.54) is 7.11 Å². The second kappa shape index (κ2) is 10.8. The number of carbonyl (C=O) groups is 3. The number of rotatable bonds is 11. The summed E-state index contributed by atoms with van der Waals surface area (Å²) in [7, 11) is 5.13. The Balaban J connectivity index is 1.54. The molecule has 2 heterocycles. The smallest absolute Gasteiger partial charge is 0.317 e. The Morgan fingerprint density at radius 1 is 1.22 bits per heavy atom. The van der Waals surface area contributed by atoms with Crippen molar-refractivity contribution in [2.45, 2.75) is 68.7 Å². The van der Waals surface area contributed by atoms with Crippen LogP contribution in [0.15, 0.2) is 0 Å². The fourth-order valence-electron chi connectivity index (χ4n) is 3.81. The largest absolute Gasteiger partial charge is 0.469 e. The lowest BCUT2D eigenvalue weighted by atomic mass is 10.0. The molecule has 0 aliphatic carbocycles. The molecule has 0 aromatic carbocycles. The zero-order valence-electron chi connectivity index (χ0n) is 16.7. The summed E-state index contributed by atoms with van der Waals surface area (Å²) in [5.41, 5.74) is 0. The topological polar surface area (TPSA) is 79.0 Å². The predicted octanol–water partition coefficient (Wildman–Crippen LogP) is 2.25. The lowest BCUT2D eigenvalue weighted by Crippen LogP contribution is -2.38. The predicted molar refractivity (Wildman–Crippen MR) is 107 cm³/mol. The second-order valence-corrected chi connectivity index (χ2v) is 8.75. The van der Waals surface area contributed by atoms with Crippen LogP contribution >= 0.6 is 11.8 Å². The molecule has 0 spiro atoms. The maximum Gasteiger partial charge on any atom is 0.317 e. The molecule has 0 aromatic rings. The van der Waals surface area contributed by atoms with Crippen molar-refractivity contribution in [1.29, 1.82) is 0 Å². The van der Waals surface area contributed by atoms with Crippen LogP contribution in [0.1, 0.15) is 51.4 Å². The average molecular weight is 400 g/mol. The van der Waals surface area contributed by atoms with E-state index in [1.54, 1.807) is 4.90 Å². The Kier molecular flexibility index (Phi) is 8.73. The Bertz CT molecular complexity index is 531. The summed E-state index contributed by atoms with van der Waals surface area (Å²) in [6.07, 6.45) is 6.63. The number of nitrogens with one attached hydrogen (secondary N) is 1. The third kappa shape index (κ3) is 6.30. The molecule has 8 heteroatoms. The molecule has 0 aromatic heterocycles. The van der Waals surface area contributed by atoms with Gasteiger partial charge in [0, 0.05) is 44.5 Å². The number of nitrogens with zero attached hydrogens (tertiary/aromatic N) is 2. The molecule has 0 bridgehead atoms. The maximum atomic E-state index is 12.2. The number of esters is 1. The summed E-state index contributed by atoms with van der Waals surface area (Å²) in [6, 6.07) is 0.619. The molecule has 2 aliphatic rings. The summed E-state index contributed by atoms with van der Waals surface area (Å²) in [5, 5.41) is 3.51. The molecule has 1 N–H and O–H groups in total. The fourth-order valence-corrected chi connectivity index (χ4v) is 5.45. The number of hydrogen-bond donors (Lipinski definition) is 1. The van der Waals surface area contributed by atoms with E-state index >= 15 is 0 Å². The first-order valence-electron chi connectivity index (χ1n) is 9.89. The van der Waals surface area contributed by atoms with Crippen molar-refractivity contribution in [2.24, 2.45) is 0 Å². The van der Waals surface area contributed by atoms with Crippen LogP contribution in [0.2, 0.25) is 0 Å². The van der Waals surface area contributed by atoms with Crippen molar-refractivity contribution in [1.82, 2.24) is 15.1 Å². The Hall–Kier alpha value is -1.44. The third-order valence-corrected chi connectivity index (χ3v) is 7.01. The number of methoxy groups -OCH3 is 1. The number of likely N-dealkylation sites (N-methyl/N-ethyl adjacent to an activating group) is 1. The molecule has 2 aliphatic heterocycles. The zero-order chi connectivity index (χ0) is 19.8. The molecule has 0 saturated carbocycles. The molecule has 3 atom stereocenters. The SMILES string of the molecule is COC(=O)CCCCCN(C)C(=O)CCCC[C@@H]1SC[C@@H]2NC(=O)N(C)[C@@H]21. The van der Waals surface area contributed by atoms with Gasteiger partial charge in [-0.2, -0.15) is 11.8 Å². The molecule has 0 unspecified atom stereocenters. The van der Waals surface area contributed by atoms with Gasteiger partial charge in [-0.05, 0) is 25.7 Å². The molecule has 7 nitrogen and oxygen atoms in total. The Labute approximate surface area is 166 Å². The second-order valence-electron chi connectivity index (χ2n) is 7.48. The lowest BCUT2D eigenvalue weighted by Gasteiger charge is -2.23. The first-order valence-corrected chi connectivity index (χ1v) is 10.9. The van der Waals surface area contributed by atoms with Crippen molar-refractivity contribution in [3.63, 3.8) is 0 Å². The van der Waals surface area contributed by atoms with E-state index in [2.05, 4.69) is 10.1 Å². The van der Waals surface area contributed by atoms with E-state index < -0.39 is 0 Å². The third-order valence-electron chi connectivity index (χ3n) is 5.52. The highest BCUT2D eigenvalue weighted by atomic mass is 32.2. The number of ether oxygens (including phenoxy) is 1. The van der Waals surface area contributed by atoms with Gasteiger partial charge < -0.3 is 19.9 Å². The van der Waals surface area contributed by atoms with Crippen molar-refractivity contribution in [2.75, 3.05) is 33.5 Å². The highest BCUT2D eigenvalue weighted by Gasteiger charge is 2.46. The molecule has 0 radical (unpaired) electrons. The molecule has 154 valence electrons. The van der Waals surface area contributed by atoms with Gasteiger partial charge in [-0.25, -0.2) is 4.79 Å². The van der Waals surface area contributed by atoms with Gasteiger partial charge in [0.15, 0.2) is 0 Å². The number of unbranched alkanes of at least 4 members (excludes halogenated alkanes) is 3. The van der Waals surface area contributed by atoms with Crippen molar-refractivity contribution in [3.05, 3.63) is 0 Å². The number of hydrogen-bond acceptors (Lipinski definition) is 5. The summed E-state index contributed by atoms with van der Waals surface area (Å²) in [4.78, 5) is 38.6. The van der Waals surface area contributed by atoms with Crippen LogP contribution in [0, 0.1) is 0 Å². The average Bonchev–Trinajstić information content (AvgIpc) is 3.17. The number of thioether (sulfide) groups is 1. The van der Waals surface area contributed by atoms with Crippen LogP contribution in [0.4, 0.5) is 4.79 Å². The highest BCUT2D eigenvalue weighted by Crippen LogP contribution is 2.36. The van der Waals surface area contributed by atoms with E-state index in [9.17, 15) is 14.4 Å². The molecule has 3 amide bonds. The molecule has 2 fully saturated rings. The first-order chi connectivity index (χ1) is 12.9. The Morgan fingerprint density at radius 3 is 2.70 bits per heavy atom. The maximum absolute atomic E-state index is 12.2. The van der Waals surface area contributed by atoms with Gasteiger partial charge in [0.05, 0.1) is 19.2 Å². The number of urea groups is 1. The van der Waals surface area contributed by atoms with Crippen LogP contribution in [0.3, 0.4) is 0 Å². The van der Waals surface area contributed by atoms with Crippen LogP contribution in [-0.2, 0) is 14.3 Å².